The number of hydrogen-bond donors (Lipinski definition) is 1. The van der Waals surface area contributed by atoms with Gasteiger partial charge in [-0.2, -0.15) is 0 Å². The third-order valence-electron chi connectivity index (χ3n) is 3.52. The van der Waals surface area contributed by atoms with Gasteiger partial charge >= 0.3 is 0 Å². The Kier molecular flexibility index (Phi) is 5.42. The number of likely N-dealkylation sites (tertiary alicyclic amines) is 1. The summed E-state index contributed by atoms with van der Waals surface area (Å²) < 4.78 is 1.09. The third-order valence-corrected chi connectivity index (χ3v) is 5.28. The van der Waals surface area contributed by atoms with E-state index in [1.54, 1.807) is 18.3 Å². The highest BCUT2D eigenvalue weighted by atomic mass is 79.9. The predicted molar refractivity (Wildman–Crippen MR) is 81.4 cm³/mol. The lowest BCUT2D eigenvalue weighted by Gasteiger charge is -2.25. The topological polar surface area (TPSA) is 40.5 Å². The molecule has 0 spiro atoms. The van der Waals surface area contributed by atoms with Gasteiger partial charge in [0.15, 0.2) is 0 Å². The Morgan fingerprint density at radius 2 is 2.47 bits per heavy atom. The summed E-state index contributed by atoms with van der Waals surface area (Å²) >= 11 is 5.12. The number of rotatable bonds is 5. The minimum Gasteiger partial charge on any atom is -0.393 e. The molecule has 19 heavy (non-hydrogen) atoms. The molecule has 1 aromatic rings. The SMILES string of the molecule is CC(O)CC1CCCN1C(=O)CCc1cc(Br)cs1. The number of aliphatic hydroxyl groups excluding tert-OH is 1. The fraction of sp³-hybridized carbons (Fsp3) is 0.643. The van der Waals surface area contributed by atoms with Crippen molar-refractivity contribution in [2.45, 2.75) is 51.2 Å². The van der Waals surface area contributed by atoms with E-state index in [9.17, 15) is 9.90 Å². The van der Waals surface area contributed by atoms with Gasteiger partial charge in [-0.25, -0.2) is 0 Å². The molecule has 3 nitrogen and oxygen atoms in total. The second kappa shape index (κ2) is 6.86. The second-order valence-corrected chi connectivity index (χ2v) is 7.11. The maximum absolute atomic E-state index is 12.3. The molecule has 0 aliphatic carbocycles. The summed E-state index contributed by atoms with van der Waals surface area (Å²) in [5.74, 6) is 0.229. The van der Waals surface area contributed by atoms with Gasteiger partial charge in [-0.3, -0.25) is 4.79 Å². The maximum atomic E-state index is 12.3. The van der Waals surface area contributed by atoms with Crippen LogP contribution in [0.2, 0.25) is 0 Å². The summed E-state index contributed by atoms with van der Waals surface area (Å²) in [7, 11) is 0. The molecule has 1 aliphatic heterocycles. The Hall–Kier alpha value is -0.390. The normalized spacial score (nSPS) is 20.8. The largest absolute Gasteiger partial charge is 0.393 e. The van der Waals surface area contributed by atoms with Crippen molar-refractivity contribution in [1.29, 1.82) is 0 Å². The first-order valence-electron chi connectivity index (χ1n) is 6.76. The Balaban J connectivity index is 1.85. The Morgan fingerprint density at radius 1 is 1.68 bits per heavy atom. The van der Waals surface area contributed by atoms with Gasteiger partial charge in [-0.1, -0.05) is 0 Å². The number of halogens is 1. The van der Waals surface area contributed by atoms with Crippen molar-refractivity contribution in [3.8, 4) is 0 Å². The summed E-state index contributed by atoms with van der Waals surface area (Å²) in [6.07, 6.45) is 3.85. The summed E-state index contributed by atoms with van der Waals surface area (Å²) in [6.45, 7) is 2.65. The minimum atomic E-state index is -0.327. The summed E-state index contributed by atoms with van der Waals surface area (Å²) in [5, 5.41) is 11.5. The average molecular weight is 346 g/mol. The highest BCUT2D eigenvalue weighted by molar-refractivity contribution is 9.10. The van der Waals surface area contributed by atoms with Gasteiger partial charge in [0.2, 0.25) is 5.91 Å². The fourth-order valence-corrected chi connectivity index (χ4v) is 4.12. The van der Waals surface area contributed by atoms with Crippen LogP contribution in [0, 0.1) is 0 Å². The van der Waals surface area contributed by atoms with Gasteiger partial charge in [0.25, 0.3) is 0 Å². The molecule has 1 amide bonds. The molecule has 0 saturated carbocycles. The van der Waals surface area contributed by atoms with Gasteiger partial charge in [0.05, 0.1) is 6.10 Å². The minimum absolute atomic E-state index is 0.229. The van der Waals surface area contributed by atoms with E-state index in [1.807, 2.05) is 10.3 Å². The van der Waals surface area contributed by atoms with Crippen LogP contribution in [0.25, 0.3) is 0 Å². The highest BCUT2D eigenvalue weighted by Crippen LogP contribution is 2.24. The molecular formula is C14H20BrNO2S. The van der Waals surface area contributed by atoms with E-state index in [4.69, 9.17) is 0 Å². The molecule has 1 fully saturated rings. The Bertz CT molecular complexity index is 433. The Morgan fingerprint density at radius 3 is 3.11 bits per heavy atom. The van der Waals surface area contributed by atoms with Crippen LogP contribution < -0.4 is 0 Å². The average Bonchev–Trinajstić information content (AvgIpc) is 2.94. The van der Waals surface area contributed by atoms with Crippen LogP contribution in [0.4, 0.5) is 0 Å². The zero-order valence-corrected chi connectivity index (χ0v) is 13.5. The molecular weight excluding hydrogens is 326 g/mol. The van der Waals surface area contributed by atoms with Crippen LogP contribution in [0.5, 0.6) is 0 Å². The monoisotopic (exact) mass is 345 g/mol. The van der Waals surface area contributed by atoms with E-state index in [-0.39, 0.29) is 18.1 Å². The number of amides is 1. The van der Waals surface area contributed by atoms with E-state index >= 15 is 0 Å². The molecule has 1 aromatic heterocycles. The number of nitrogens with zero attached hydrogens (tertiary/aromatic N) is 1. The van der Waals surface area contributed by atoms with Gasteiger partial charge in [0, 0.05) is 33.7 Å². The molecule has 0 bridgehead atoms. The molecule has 2 heterocycles. The van der Waals surface area contributed by atoms with Crippen molar-refractivity contribution >= 4 is 33.2 Å². The van der Waals surface area contributed by atoms with E-state index in [1.165, 1.54) is 4.88 Å². The number of thiophene rings is 1. The summed E-state index contributed by atoms with van der Waals surface area (Å²) in [5.41, 5.74) is 0. The molecule has 5 heteroatoms. The number of aliphatic hydroxyl groups is 1. The first-order valence-corrected chi connectivity index (χ1v) is 8.44. The van der Waals surface area contributed by atoms with Crippen LogP contribution in [-0.2, 0) is 11.2 Å². The number of carbonyl (C=O) groups is 1. The molecule has 0 aromatic carbocycles. The van der Waals surface area contributed by atoms with Gasteiger partial charge in [-0.15, -0.1) is 11.3 Å². The number of hydrogen-bond acceptors (Lipinski definition) is 3. The van der Waals surface area contributed by atoms with E-state index in [2.05, 4.69) is 22.0 Å². The van der Waals surface area contributed by atoms with Crippen LogP contribution in [-0.4, -0.2) is 34.6 Å². The van der Waals surface area contributed by atoms with Crippen LogP contribution >= 0.6 is 27.3 Å². The molecule has 2 unspecified atom stereocenters. The highest BCUT2D eigenvalue weighted by Gasteiger charge is 2.29. The lowest BCUT2D eigenvalue weighted by molar-refractivity contribution is -0.132. The van der Waals surface area contributed by atoms with Crippen molar-refractivity contribution in [2.75, 3.05) is 6.54 Å². The molecule has 2 atom stereocenters. The van der Waals surface area contributed by atoms with Crippen molar-refractivity contribution in [1.82, 2.24) is 4.90 Å². The lowest BCUT2D eigenvalue weighted by Crippen LogP contribution is -2.37. The lowest BCUT2D eigenvalue weighted by atomic mass is 10.1. The van der Waals surface area contributed by atoms with Gasteiger partial charge < -0.3 is 10.0 Å². The fourth-order valence-electron chi connectivity index (χ4n) is 2.66. The van der Waals surface area contributed by atoms with Crippen LogP contribution in [0.1, 0.15) is 37.5 Å². The molecule has 1 saturated heterocycles. The van der Waals surface area contributed by atoms with E-state index < -0.39 is 0 Å². The zero-order valence-electron chi connectivity index (χ0n) is 11.1. The number of carbonyl (C=O) groups excluding carboxylic acids is 1. The first-order chi connectivity index (χ1) is 9.06. The molecule has 1 aliphatic rings. The third kappa shape index (κ3) is 4.29. The molecule has 2 rings (SSSR count). The molecule has 1 N–H and O–H groups in total. The van der Waals surface area contributed by atoms with Gasteiger partial charge in [0.1, 0.15) is 0 Å². The number of aryl methyl sites for hydroxylation is 1. The standard InChI is InChI=1S/C14H20BrNO2S/c1-10(17)7-12-3-2-6-16(12)14(18)5-4-13-8-11(15)9-19-13/h8-10,12,17H,2-7H2,1H3. The van der Waals surface area contributed by atoms with E-state index in [0.717, 1.165) is 30.3 Å². The zero-order chi connectivity index (χ0) is 13.8. The maximum Gasteiger partial charge on any atom is 0.223 e. The van der Waals surface area contributed by atoms with Gasteiger partial charge in [-0.05, 0) is 54.6 Å². The predicted octanol–water partition coefficient (Wildman–Crippen LogP) is 3.21. The molecule has 0 radical (unpaired) electrons. The smallest absolute Gasteiger partial charge is 0.223 e. The quantitative estimate of drug-likeness (QED) is 0.889. The summed E-state index contributed by atoms with van der Waals surface area (Å²) in [4.78, 5) is 15.5. The van der Waals surface area contributed by atoms with Crippen LogP contribution in [0.3, 0.4) is 0 Å². The van der Waals surface area contributed by atoms with Crippen molar-refractivity contribution in [3.63, 3.8) is 0 Å². The van der Waals surface area contributed by atoms with Crippen molar-refractivity contribution < 1.29 is 9.90 Å². The first kappa shape index (κ1) is 15.0. The van der Waals surface area contributed by atoms with Crippen molar-refractivity contribution in [2.24, 2.45) is 0 Å². The summed E-state index contributed by atoms with van der Waals surface area (Å²) in [6, 6.07) is 2.32. The van der Waals surface area contributed by atoms with E-state index in [0.29, 0.717) is 12.8 Å². The van der Waals surface area contributed by atoms with Crippen LogP contribution in [0.15, 0.2) is 15.9 Å². The molecule has 106 valence electrons. The second-order valence-electron chi connectivity index (χ2n) is 5.20. The van der Waals surface area contributed by atoms with Crippen molar-refractivity contribution in [3.05, 3.63) is 20.8 Å². The Labute approximate surface area is 126 Å².